The van der Waals surface area contributed by atoms with Crippen LogP contribution in [0.3, 0.4) is 0 Å². The van der Waals surface area contributed by atoms with Gasteiger partial charge in [-0.15, -0.1) is 0 Å². The van der Waals surface area contributed by atoms with Gasteiger partial charge in [0.15, 0.2) is 0 Å². The molecule has 1 unspecified atom stereocenters. The first-order chi connectivity index (χ1) is 9.22. The Kier molecular flexibility index (Phi) is 4.91. The van der Waals surface area contributed by atoms with Crippen LogP contribution in [0.25, 0.3) is 0 Å². The molecular formula is C12H14Br2N2O2S2. The molecule has 0 aromatic heterocycles. The summed E-state index contributed by atoms with van der Waals surface area (Å²) in [6, 6.07) is 2.86. The maximum absolute atomic E-state index is 12.5. The number of sulfonamides is 1. The van der Waals surface area contributed by atoms with Crippen LogP contribution in [0.4, 0.5) is 0 Å². The van der Waals surface area contributed by atoms with E-state index in [0.29, 0.717) is 4.47 Å². The molecule has 1 aliphatic rings. The minimum absolute atomic E-state index is 0.178. The number of nitrogens with two attached hydrogens (primary N) is 1. The molecule has 20 heavy (non-hydrogen) atoms. The Morgan fingerprint density at radius 3 is 2.50 bits per heavy atom. The molecule has 0 aliphatic heterocycles. The van der Waals surface area contributed by atoms with Crippen molar-refractivity contribution < 1.29 is 8.42 Å². The largest absolute Gasteiger partial charge is 0.392 e. The number of rotatable bonds is 5. The SMILES string of the molecule is Cc1cc(Br)c(S(=O)(=O)NC(C(N)=S)C2CC2)cc1Br. The third kappa shape index (κ3) is 3.59. The van der Waals surface area contributed by atoms with Crippen molar-refractivity contribution >= 4 is 59.1 Å². The van der Waals surface area contributed by atoms with Gasteiger partial charge in [-0.3, -0.25) is 0 Å². The Labute approximate surface area is 140 Å². The van der Waals surface area contributed by atoms with E-state index in [4.69, 9.17) is 18.0 Å². The molecule has 1 atom stereocenters. The highest BCUT2D eigenvalue weighted by atomic mass is 79.9. The van der Waals surface area contributed by atoms with Crippen LogP contribution < -0.4 is 10.5 Å². The summed E-state index contributed by atoms with van der Waals surface area (Å²) in [5, 5.41) is 0. The van der Waals surface area contributed by atoms with Crippen LogP contribution in [-0.4, -0.2) is 19.4 Å². The quantitative estimate of drug-likeness (QED) is 0.689. The first-order valence-corrected chi connectivity index (χ1v) is 9.47. The van der Waals surface area contributed by atoms with Gasteiger partial charge in [0.05, 0.1) is 15.9 Å². The summed E-state index contributed by atoms with van der Waals surface area (Å²) in [6.07, 6.45) is 1.90. The fourth-order valence-electron chi connectivity index (χ4n) is 1.88. The highest BCUT2D eigenvalue weighted by molar-refractivity contribution is 9.11. The van der Waals surface area contributed by atoms with E-state index in [0.717, 1.165) is 22.9 Å². The van der Waals surface area contributed by atoms with Gasteiger partial charge in [-0.2, -0.15) is 0 Å². The van der Waals surface area contributed by atoms with Gasteiger partial charge in [0.2, 0.25) is 10.0 Å². The zero-order chi connectivity index (χ0) is 15.1. The molecule has 1 aliphatic carbocycles. The third-order valence-electron chi connectivity index (χ3n) is 3.18. The van der Waals surface area contributed by atoms with Crippen molar-refractivity contribution in [2.75, 3.05) is 0 Å². The summed E-state index contributed by atoms with van der Waals surface area (Å²) in [6.45, 7) is 1.89. The van der Waals surface area contributed by atoms with E-state index >= 15 is 0 Å². The van der Waals surface area contributed by atoms with Crippen LogP contribution in [0.5, 0.6) is 0 Å². The molecule has 0 heterocycles. The molecule has 1 aromatic rings. The number of benzene rings is 1. The number of hydrogen-bond acceptors (Lipinski definition) is 3. The van der Waals surface area contributed by atoms with Gasteiger partial charge in [-0.1, -0.05) is 28.1 Å². The summed E-state index contributed by atoms with van der Waals surface area (Å²) in [5.74, 6) is 0.218. The van der Waals surface area contributed by atoms with Gasteiger partial charge in [0.25, 0.3) is 0 Å². The van der Waals surface area contributed by atoms with E-state index in [-0.39, 0.29) is 15.8 Å². The van der Waals surface area contributed by atoms with Crippen LogP contribution in [0.1, 0.15) is 18.4 Å². The Morgan fingerprint density at radius 2 is 2.00 bits per heavy atom. The van der Waals surface area contributed by atoms with Crippen molar-refractivity contribution in [2.45, 2.75) is 30.7 Å². The van der Waals surface area contributed by atoms with E-state index < -0.39 is 16.1 Å². The maximum Gasteiger partial charge on any atom is 0.242 e. The Hall–Kier alpha value is -0.0200. The van der Waals surface area contributed by atoms with E-state index in [1.807, 2.05) is 6.92 Å². The number of aryl methyl sites for hydroxylation is 1. The summed E-state index contributed by atoms with van der Waals surface area (Å²) < 4.78 is 28.8. The van der Waals surface area contributed by atoms with Crippen LogP contribution in [-0.2, 0) is 10.0 Å². The van der Waals surface area contributed by atoms with Crippen LogP contribution in [0.15, 0.2) is 26.0 Å². The molecule has 2 rings (SSSR count). The van der Waals surface area contributed by atoms with E-state index in [9.17, 15) is 8.42 Å². The van der Waals surface area contributed by atoms with E-state index in [1.54, 1.807) is 12.1 Å². The molecule has 0 saturated heterocycles. The standard InChI is InChI=1S/C12H14Br2N2O2S2/c1-6-4-9(14)10(5-8(6)13)20(17,18)16-11(12(15)19)7-2-3-7/h4-5,7,11,16H,2-3H2,1H3,(H2,15,19). The van der Waals surface area contributed by atoms with Crippen molar-refractivity contribution in [1.29, 1.82) is 0 Å². The second-order valence-electron chi connectivity index (χ2n) is 4.87. The zero-order valence-electron chi connectivity index (χ0n) is 10.7. The van der Waals surface area contributed by atoms with Gasteiger partial charge in [0.1, 0.15) is 0 Å². The van der Waals surface area contributed by atoms with Gasteiger partial charge < -0.3 is 5.73 Å². The number of halogens is 2. The maximum atomic E-state index is 12.5. The minimum Gasteiger partial charge on any atom is -0.392 e. The highest BCUT2D eigenvalue weighted by Crippen LogP contribution is 2.34. The lowest BCUT2D eigenvalue weighted by atomic mass is 10.2. The number of hydrogen-bond donors (Lipinski definition) is 2. The van der Waals surface area contributed by atoms with Gasteiger partial charge in [-0.25, -0.2) is 13.1 Å². The molecule has 1 aromatic carbocycles. The fourth-order valence-corrected chi connectivity index (χ4v) is 5.17. The van der Waals surface area contributed by atoms with Crippen molar-refractivity contribution in [3.63, 3.8) is 0 Å². The Morgan fingerprint density at radius 1 is 1.40 bits per heavy atom. The van der Waals surface area contributed by atoms with Crippen molar-refractivity contribution in [1.82, 2.24) is 4.72 Å². The lowest BCUT2D eigenvalue weighted by Gasteiger charge is -2.18. The smallest absolute Gasteiger partial charge is 0.242 e. The average molecular weight is 442 g/mol. The van der Waals surface area contributed by atoms with E-state index in [2.05, 4.69) is 36.6 Å². The molecule has 1 fully saturated rings. The first kappa shape index (κ1) is 16.4. The molecule has 0 amide bonds. The highest BCUT2D eigenvalue weighted by Gasteiger charge is 2.36. The molecule has 4 nitrogen and oxygen atoms in total. The number of nitrogens with one attached hydrogen (secondary N) is 1. The molecular weight excluding hydrogens is 428 g/mol. The Bertz CT molecular complexity index is 658. The predicted octanol–water partition coefficient (Wildman–Crippen LogP) is 2.86. The molecule has 0 spiro atoms. The summed E-state index contributed by atoms with van der Waals surface area (Å²) in [7, 11) is -3.67. The lowest BCUT2D eigenvalue weighted by molar-refractivity contribution is 0.564. The number of thiocarbonyl (C=S) groups is 1. The van der Waals surface area contributed by atoms with Gasteiger partial charge in [-0.05, 0) is 59.3 Å². The minimum atomic E-state index is -3.67. The monoisotopic (exact) mass is 440 g/mol. The molecule has 1 saturated carbocycles. The fraction of sp³-hybridized carbons (Fsp3) is 0.417. The van der Waals surface area contributed by atoms with Gasteiger partial charge in [0, 0.05) is 8.95 Å². The summed E-state index contributed by atoms with van der Waals surface area (Å²) in [5.41, 5.74) is 6.59. The Balaban J connectivity index is 2.35. The van der Waals surface area contributed by atoms with Crippen LogP contribution in [0, 0.1) is 12.8 Å². The van der Waals surface area contributed by atoms with Crippen molar-refractivity contribution in [3.05, 3.63) is 26.6 Å². The molecule has 8 heteroatoms. The van der Waals surface area contributed by atoms with E-state index in [1.165, 1.54) is 0 Å². The van der Waals surface area contributed by atoms with Crippen molar-refractivity contribution in [2.24, 2.45) is 11.7 Å². The average Bonchev–Trinajstić information content (AvgIpc) is 3.14. The molecule has 3 N–H and O–H groups in total. The molecule has 0 bridgehead atoms. The van der Waals surface area contributed by atoms with Gasteiger partial charge >= 0.3 is 0 Å². The summed E-state index contributed by atoms with van der Waals surface area (Å²) in [4.78, 5) is 0.371. The molecule has 110 valence electrons. The van der Waals surface area contributed by atoms with Crippen LogP contribution >= 0.6 is 44.1 Å². The molecule has 0 radical (unpaired) electrons. The second kappa shape index (κ2) is 6.00. The second-order valence-corrected chi connectivity index (χ2v) is 8.73. The normalized spacial score (nSPS) is 16.9. The van der Waals surface area contributed by atoms with Crippen LogP contribution in [0.2, 0.25) is 0 Å². The predicted molar refractivity (Wildman–Crippen MR) is 90.2 cm³/mol. The third-order valence-corrected chi connectivity index (χ3v) is 6.69. The summed E-state index contributed by atoms with van der Waals surface area (Å²) >= 11 is 11.6. The van der Waals surface area contributed by atoms with Crippen molar-refractivity contribution in [3.8, 4) is 0 Å². The lowest BCUT2D eigenvalue weighted by Crippen LogP contribution is -2.45. The first-order valence-electron chi connectivity index (χ1n) is 5.99. The topological polar surface area (TPSA) is 72.2 Å². The zero-order valence-corrected chi connectivity index (χ0v) is 15.5.